The van der Waals surface area contributed by atoms with Crippen molar-refractivity contribution in [3.05, 3.63) is 42.0 Å². The summed E-state index contributed by atoms with van der Waals surface area (Å²) < 4.78 is 0. The molecule has 0 aliphatic heterocycles. The lowest BCUT2D eigenvalue weighted by atomic mass is 10.0. The van der Waals surface area contributed by atoms with Crippen molar-refractivity contribution in [3.8, 4) is 11.3 Å². The molecule has 3 nitrogen and oxygen atoms in total. The van der Waals surface area contributed by atoms with Crippen LogP contribution in [0.3, 0.4) is 0 Å². The Labute approximate surface area is 108 Å². The molecular weight excluding hydrogens is 222 g/mol. The van der Waals surface area contributed by atoms with Crippen molar-refractivity contribution in [3.63, 3.8) is 0 Å². The van der Waals surface area contributed by atoms with E-state index in [1.165, 1.54) is 5.56 Å². The Bertz CT molecular complexity index is 494. The maximum Gasteiger partial charge on any atom is 0.148 e. The molecule has 0 saturated heterocycles. The molecule has 0 unspecified atom stereocenters. The van der Waals surface area contributed by atoms with Gasteiger partial charge in [0.15, 0.2) is 0 Å². The molecule has 0 aliphatic carbocycles. The van der Waals surface area contributed by atoms with E-state index < -0.39 is 0 Å². The third kappa shape index (κ3) is 2.86. The zero-order valence-electron chi connectivity index (χ0n) is 11.0. The number of aryl methyl sites for hydroxylation is 1. The zero-order valence-corrected chi connectivity index (χ0v) is 11.0. The summed E-state index contributed by atoms with van der Waals surface area (Å²) in [7, 11) is 0. The highest BCUT2D eigenvalue weighted by Gasteiger charge is 2.07. The van der Waals surface area contributed by atoms with Gasteiger partial charge < -0.3 is 5.32 Å². The topological polar surface area (TPSA) is 37.8 Å². The first-order valence-electron chi connectivity index (χ1n) is 6.51. The highest BCUT2D eigenvalue weighted by Crippen LogP contribution is 2.22. The van der Waals surface area contributed by atoms with Gasteiger partial charge in [-0.25, -0.2) is 0 Å². The molecule has 0 aliphatic rings. The molecule has 0 bridgehead atoms. The van der Waals surface area contributed by atoms with Gasteiger partial charge in [0.2, 0.25) is 0 Å². The minimum atomic E-state index is 0.869. The number of nitrogens with zero attached hydrogens (tertiary/aromatic N) is 2. The lowest BCUT2D eigenvalue weighted by Gasteiger charge is -2.09. The second-order valence-electron chi connectivity index (χ2n) is 4.25. The number of hydrogen-bond acceptors (Lipinski definition) is 3. The minimum Gasteiger partial charge on any atom is -0.369 e. The van der Waals surface area contributed by atoms with E-state index in [0.29, 0.717) is 0 Å². The average molecular weight is 241 g/mol. The Kier molecular flexibility index (Phi) is 4.29. The molecule has 0 amide bonds. The van der Waals surface area contributed by atoms with Crippen LogP contribution >= 0.6 is 0 Å². The van der Waals surface area contributed by atoms with Gasteiger partial charge in [0.05, 0.1) is 5.69 Å². The van der Waals surface area contributed by atoms with Crippen LogP contribution in [0.5, 0.6) is 0 Å². The van der Waals surface area contributed by atoms with E-state index in [1.807, 2.05) is 18.2 Å². The molecule has 1 N–H and O–H groups in total. The van der Waals surface area contributed by atoms with Crippen molar-refractivity contribution in [1.29, 1.82) is 0 Å². The van der Waals surface area contributed by atoms with Crippen LogP contribution in [0.2, 0.25) is 0 Å². The molecule has 0 radical (unpaired) electrons. The zero-order chi connectivity index (χ0) is 12.8. The Balaban J connectivity index is 2.32. The molecule has 0 atom stereocenters. The fourth-order valence-corrected chi connectivity index (χ4v) is 1.88. The molecule has 18 heavy (non-hydrogen) atoms. The van der Waals surface area contributed by atoms with E-state index in [0.717, 1.165) is 36.5 Å². The molecule has 0 saturated carbocycles. The van der Waals surface area contributed by atoms with Gasteiger partial charge in [-0.05, 0) is 24.5 Å². The third-order valence-electron chi connectivity index (χ3n) is 2.86. The molecule has 1 heterocycles. The molecule has 2 aromatic rings. The van der Waals surface area contributed by atoms with Crippen LogP contribution in [-0.4, -0.2) is 16.7 Å². The number of aromatic nitrogens is 2. The molecule has 0 fully saturated rings. The molecular formula is C15H19N3. The summed E-state index contributed by atoms with van der Waals surface area (Å²) in [6.07, 6.45) is 2.05. The van der Waals surface area contributed by atoms with E-state index >= 15 is 0 Å². The first-order valence-corrected chi connectivity index (χ1v) is 6.51. The van der Waals surface area contributed by atoms with Crippen LogP contribution in [0.25, 0.3) is 11.3 Å². The molecule has 2 rings (SSSR count). The summed E-state index contributed by atoms with van der Waals surface area (Å²) in [4.78, 5) is 0. The van der Waals surface area contributed by atoms with Gasteiger partial charge >= 0.3 is 0 Å². The van der Waals surface area contributed by atoms with Gasteiger partial charge in [-0.2, -0.15) is 0 Å². The third-order valence-corrected chi connectivity index (χ3v) is 2.86. The normalized spacial score (nSPS) is 10.3. The van der Waals surface area contributed by atoms with Crippen LogP contribution in [-0.2, 0) is 6.42 Å². The summed E-state index contributed by atoms with van der Waals surface area (Å²) in [6.45, 7) is 5.22. The van der Waals surface area contributed by atoms with E-state index in [1.54, 1.807) is 0 Å². The highest BCUT2D eigenvalue weighted by atomic mass is 15.2. The van der Waals surface area contributed by atoms with Gasteiger partial charge in [0.25, 0.3) is 0 Å². The number of hydrogen-bond donors (Lipinski definition) is 1. The summed E-state index contributed by atoms with van der Waals surface area (Å²) in [6, 6.07) is 12.3. The molecule has 94 valence electrons. The lowest BCUT2D eigenvalue weighted by molar-refractivity contribution is 0.934. The van der Waals surface area contributed by atoms with Crippen molar-refractivity contribution in [2.24, 2.45) is 0 Å². The monoisotopic (exact) mass is 241 g/mol. The molecule has 1 aromatic carbocycles. The predicted octanol–water partition coefficient (Wildman–Crippen LogP) is 3.53. The summed E-state index contributed by atoms with van der Waals surface area (Å²) in [5, 5.41) is 11.9. The first kappa shape index (κ1) is 12.6. The van der Waals surface area contributed by atoms with Crippen LogP contribution in [0, 0.1) is 0 Å². The smallest absolute Gasteiger partial charge is 0.148 e. The summed E-state index contributed by atoms with van der Waals surface area (Å²) in [5.41, 5.74) is 3.35. The maximum atomic E-state index is 4.36. The summed E-state index contributed by atoms with van der Waals surface area (Å²) >= 11 is 0. The van der Waals surface area contributed by atoms with Crippen molar-refractivity contribution >= 4 is 5.82 Å². The van der Waals surface area contributed by atoms with Crippen molar-refractivity contribution in [2.45, 2.75) is 26.7 Å². The van der Waals surface area contributed by atoms with Crippen LogP contribution in [0.15, 0.2) is 36.4 Å². The van der Waals surface area contributed by atoms with E-state index in [9.17, 15) is 0 Å². The minimum absolute atomic E-state index is 0.869. The van der Waals surface area contributed by atoms with Crippen molar-refractivity contribution < 1.29 is 0 Å². The Morgan fingerprint density at radius 1 is 1.06 bits per heavy atom. The van der Waals surface area contributed by atoms with Crippen LogP contribution < -0.4 is 5.32 Å². The number of benzene rings is 1. The van der Waals surface area contributed by atoms with Gasteiger partial charge in [-0.3, -0.25) is 0 Å². The van der Waals surface area contributed by atoms with Crippen molar-refractivity contribution in [2.75, 3.05) is 11.9 Å². The fourth-order valence-electron chi connectivity index (χ4n) is 1.88. The van der Waals surface area contributed by atoms with Crippen molar-refractivity contribution in [1.82, 2.24) is 10.2 Å². The Morgan fingerprint density at radius 3 is 2.50 bits per heavy atom. The molecule has 3 heteroatoms. The van der Waals surface area contributed by atoms with Gasteiger partial charge in [-0.1, -0.05) is 44.2 Å². The average Bonchev–Trinajstić information content (AvgIpc) is 2.45. The maximum absolute atomic E-state index is 4.36. The molecule has 1 aromatic heterocycles. The van der Waals surface area contributed by atoms with E-state index in [-0.39, 0.29) is 0 Å². The highest BCUT2D eigenvalue weighted by molar-refractivity contribution is 5.63. The Hall–Kier alpha value is -1.90. The quantitative estimate of drug-likeness (QED) is 0.870. The van der Waals surface area contributed by atoms with Crippen LogP contribution in [0.4, 0.5) is 5.82 Å². The second kappa shape index (κ2) is 6.15. The number of rotatable bonds is 5. The van der Waals surface area contributed by atoms with Gasteiger partial charge in [0, 0.05) is 12.1 Å². The lowest BCUT2D eigenvalue weighted by Crippen LogP contribution is -2.05. The van der Waals surface area contributed by atoms with E-state index in [2.05, 4.69) is 47.6 Å². The second-order valence-corrected chi connectivity index (χ2v) is 4.25. The fraction of sp³-hybridized carbons (Fsp3) is 0.333. The largest absolute Gasteiger partial charge is 0.369 e. The number of nitrogens with one attached hydrogen (secondary N) is 1. The van der Waals surface area contributed by atoms with E-state index in [4.69, 9.17) is 0 Å². The Morgan fingerprint density at radius 2 is 1.83 bits per heavy atom. The standard InChI is InChI=1S/C15H19N3/c1-3-10-16-14-11-12(4-2)15(18-17-14)13-8-6-5-7-9-13/h5-9,11H,3-4,10H2,1-2H3,(H,16,17). The van der Waals surface area contributed by atoms with Gasteiger partial charge in [0.1, 0.15) is 5.82 Å². The van der Waals surface area contributed by atoms with Crippen LogP contribution in [0.1, 0.15) is 25.8 Å². The first-order chi connectivity index (χ1) is 8.85. The number of anilines is 1. The van der Waals surface area contributed by atoms with Gasteiger partial charge in [-0.15, -0.1) is 10.2 Å². The summed E-state index contributed by atoms with van der Waals surface area (Å²) in [5.74, 6) is 0.869. The SMILES string of the molecule is CCCNc1cc(CC)c(-c2ccccc2)nn1. The predicted molar refractivity (Wildman–Crippen MR) is 75.6 cm³/mol. The molecule has 0 spiro atoms.